The number of carbonyl (C=O) groups is 1. The zero-order valence-electron chi connectivity index (χ0n) is 9.20. The van der Waals surface area contributed by atoms with Gasteiger partial charge >= 0.3 is 5.97 Å². The summed E-state index contributed by atoms with van der Waals surface area (Å²) >= 11 is 5.85. The van der Waals surface area contributed by atoms with Gasteiger partial charge in [-0.15, -0.1) is 0 Å². The lowest BCUT2D eigenvalue weighted by atomic mass is 10.1. The van der Waals surface area contributed by atoms with Crippen molar-refractivity contribution < 1.29 is 14.3 Å². The zero-order chi connectivity index (χ0) is 13.4. The highest BCUT2D eigenvalue weighted by molar-refractivity contribution is 6.33. The third kappa shape index (κ3) is 1.70. The minimum absolute atomic E-state index is 0.0499. The van der Waals surface area contributed by atoms with Gasteiger partial charge in [0.1, 0.15) is 16.5 Å². The number of hydrogen-bond donors (Lipinski definition) is 2. The summed E-state index contributed by atoms with van der Waals surface area (Å²) in [6, 6.07) is 3.49. The number of carboxylic acids is 1. The lowest BCUT2D eigenvalue weighted by Crippen LogP contribution is -2.24. The second kappa shape index (κ2) is 4.30. The third-order valence-corrected chi connectivity index (χ3v) is 2.87. The maximum Gasteiger partial charge on any atom is 0.342 e. The van der Waals surface area contributed by atoms with Gasteiger partial charge in [0.2, 0.25) is 5.43 Å². The van der Waals surface area contributed by atoms with Crippen LogP contribution in [0.4, 0.5) is 4.39 Å². The summed E-state index contributed by atoms with van der Waals surface area (Å²) in [5.41, 5.74) is 1.54. The van der Waals surface area contributed by atoms with Gasteiger partial charge in [-0.2, -0.15) is 0 Å². The summed E-state index contributed by atoms with van der Waals surface area (Å²) in [6.45, 7) is 0. The normalized spacial score (nSPS) is 10.6. The van der Waals surface area contributed by atoms with Crippen LogP contribution in [0.1, 0.15) is 10.4 Å². The highest BCUT2D eigenvalue weighted by Crippen LogP contribution is 2.20. The van der Waals surface area contributed by atoms with Crippen molar-refractivity contribution in [1.29, 1.82) is 0 Å². The van der Waals surface area contributed by atoms with E-state index in [0.717, 1.165) is 12.1 Å². The Morgan fingerprint density at radius 1 is 1.50 bits per heavy atom. The fraction of sp³-hybridized carbons (Fsp3) is 0.0909. The molecular formula is C11H8ClFN2O3. The van der Waals surface area contributed by atoms with Crippen LogP contribution in [0.15, 0.2) is 23.0 Å². The molecule has 1 aromatic carbocycles. The van der Waals surface area contributed by atoms with Crippen LogP contribution in [0.3, 0.4) is 0 Å². The molecule has 0 unspecified atom stereocenters. The second-order valence-corrected chi connectivity index (χ2v) is 3.88. The molecule has 2 N–H and O–H groups in total. The van der Waals surface area contributed by atoms with Gasteiger partial charge in [-0.25, -0.2) is 13.9 Å². The number of nitrogens with one attached hydrogen (secondary N) is 1. The van der Waals surface area contributed by atoms with Gasteiger partial charge in [-0.1, -0.05) is 11.6 Å². The predicted octanol–water partition coefficient (Wildman–Crippen LogP) is 1.67. The first-order chi connectivity index (χ1) is 8.47. The van der Waals surface area contributed by atoms with Crippen molar-refractivity contribution in [2.75, 3.05) is 12.5 Å². The number of rotatable bonds is 2. The minimum atomic E-state index is -1.46. The van der Waals surface area contributed by atoms with E-state index in [-0.39, 0.29) is 10.5 Å². The van der Waals surface area contributed by atoms with Crippen molar-refractivity contribution in [3.05, 3.63) is 45.0 Å². The van der Waals surface area contributed by atoms with Crippen LogP contribution >= 0.6 is 11.6 Å². The van der Waals surface area contributed by atoms with E-state index in [9.17, 15) is 14.0 Å². The molecule has 0 amide bonds. The maximum absolute atomic E-state index is 13.1. The standard InChI is InChI=1S/C11H8ClFN2O3/c1-14-15-7-3-2-5(13)4-6(7)9(16)8(10(15)12)11(17)18/h2-4,14H,1H3,(H,17,18). The first kappa shape index (κ1) is 12.4. The molecule has 94 valence electrons. The first-order valence-electron chi connectivity index (χ1n) is 4.92. The number of hydrogen-bond acceptors (Lipinski definition) is 3. The highest BCUT2D eigenvalue weighted by atomic mass is 35.5. The second-order valence-electron chi connectivity index (χ2n) is 3.52. The number of halogens is 2. The van der Waals surface area contributed by atoms with E-state index in [0.29, 0.717) is 5.52 Å². The molecule has 5 nitrogen and oxygen atoms in total. The van der Waals surface area contributed by atoms with Gasteiger partial charge in [0.25, 0.3) is 0 Å². The SMILES string of the molecule is CNn1c(Cl)c(C(=O)O)c(=O)c2cc(F)ccc21. The number of fused-ring (bicyclic) bond motifs is 1. The Bertz CT molecular complexity index is 711. The topological polar surface area (TPSA) is 71.3 Å². The molecule has 0 radical (unpaired) electrons. The number of pyridine rings is 1. The molecule has 0 atom stereocenters. The van der Waals surface area contributed by atoms with Crippen LogP contribution in [0.25, 0.3) is 10.9 Å². The number of carboxylic acid groups (broad SMARTS) is 1. The molecule has 0 saturated carbocycles. The fourth-order valence-corrected chi connectivity index (χ4v) is 2.08. The molecule has 0 aliphatic heterocycles. The van der Waals surface area contributed by atoms with Gasteiger partial charge in [-0.05, 0) is 18.2 Å². The Morgan fingerprint density at radius 3 is 2.72 bits per heavy atom. The number of aromatic nitrogens is 1. The first-order valence-corrected chi connectivity index (χ1v) is 5.30. The molecule has 0 aliphatic carbocycles. The van der Waals surface area contributed by atoms with Gasteiger partial charge in [0.05, 0.1) is 10.9 Å². The quantitative estimate of drug-likeness (QED) is 0.814. The molecule has 0 bridgehead atoms. The monoisotopic (exact) mass is 270 g/mol. The zero-order valence-corrected chi connectivity index (χ0v) is 9.95. The Hall–Kier alpha value is -2.08. The Kier molecular flexibility index (Phi) is 2.96. The van der Waals surface area contributed by atoms with Crippen molar-refractivity contribution >= 4 is 28.5 Å². The number of benzene rings is 1. The fourth-order valence-electron chi connectivity index (χ4n) is 1.73. The summed E-state index contributed by atoms with van der Waals surface area (Å²) in [6.07, 6.45) is 0. The summed E-state index contributed by atoms with van der Waals surface area (Å²) in [4.78, 5) is 23.0. The molecule has 2 aromatic rings. The van der Waals surface area contributed by atoms with Crippen molar-refractivity contribution in [3.63, 3.8) is 0 Å². The predicted molar refractivity (Wildman–Crippen MR) is 65.4 cm³/mol. The molecule has 18 heavy (non-hydrogen) atoms. The summed E-state index contributed by atoms with van der Waals surface area (Å²) in [5, 5.41) is 8.67. The largest absolute Gasteiger partial charge is 0.477 e. The molecule has 1 heterocycles. The molecule has 0 spiro atoms. The molecule has 0 aliphatic rings. The molecular weight excluding hydrogens is 263 g/mol. The van der Waals surface area contributed by atoms with E-state index in [2.05, 4.69) is 5.43 Å². The molecule has 0 fully saturated rings. The Labute approximate surface area is 105 Å². The van der Waals surface area contributed by atoms with Gasteiger partial charge in [0, 0.05) is 7.05 Å². The van der Waals surface area contributed by atoms with E-state index in [1.54, 1.807) is 0 Å². The van der Waals surface area contributed by atoms with E-state index in [1.807, 2.05) is 0 Å². The van der Waals surface area contributed by atoms with Crippen molar-refractivity contribution in [3.8, 4) is 0 Å². The van der Waals surface area contributed by atoms with Crippen molar-refractivity contribution in [1.82, 2.24) is 4.68 Å². The van der Waals surface area contributed by atoms with E-state index >= 15 is 0 Å². The average molecular weight is 271 g/mol. The van der Waals surface area contributed by atoms with Gasteiger partial charge in [-0.3, -0.25) is 4.79 Å². The third-order valence-electron chi connectivity index (χ3n) is 2.51. The van der Waals surface area contributed by atoms with Crippen LogP contribution < -0.4 is 10.9 Å². The van der Waals surface area contributed by atoms with E-state index in [1.165, 1.54) is 17.8 Å². The summed E-state index contributed by atoms with van der Waals surface area (Å²) in [7, 11) is 1.50. The van der Waals surface area contributed by atoms with E-state index < -0.39 is 22.8 Å². The molecule has 0 saturated heterocycles. The van der Waals surface area contributed by atoms with Crippen LogP contribution in [-0.2, 0) is 0 Å². The number of aromatic carboxylic acids is 1. The summed E-state index contributed by atoms with van der Waals surface area (Å²) in [5.74, 6) is -2.08. The maximum atomic E-state index is 13.1. The minimum Gasteiger partial charge on any atom is -0.477 e. The van der Waals surface area contributed by atoms with Crippen LogP contribution in [0.5, 0.6) is 0 Å². The lowest BCUT2D eigenvalue weighted by Gasteiger charge is -2.14. The van der Waals surface area contributed by atoms with Crippen LogP contribution in [0.2, 0.25) is 5.15 Å². The van der Waals surface area contributed by atoms with Crippen LogP contribution in [0, 0.1) is 5.82 Å². The summed E-state index contributed by atoms with van der Waals surface area (Å²) < 4.78 is 14.3. The van der Waals surface area contributed by atoms with Crippen molar-refractivity contribution in [2.45, 2.75) is 0 Å². The molecule has 2 rings (SSSR count). The van der Waals surface area contributed by atoms with Crippen LogP contribution in [-0.4, -0.2) is 22.8 Å². The highest BCUT2D eigenvalue weighted by Gasteiger charge is 2.20. The van der Waals surface area contributed by atoms with Crippen molar-refractivity contribution in [2.24, 2.45) is 0 Å². The number of nitrogens with zero attached hydrogens (tertiary/aromatic N) is 1. The molecule has 7 heteroatoms. The van der Waals surface area contributed by atoms with E-state index in [4.69, 9.17) is 16.7 Å². The lowest BCUT2D eigenvalue weighted by molar-refractivity contribution is 0.0695. The smallest absolute Gasteiger partial charge is 0.342 e. The Morgan fingerprint density at radius 2 is 2.17 bits per heavy atom. The average Bonchev–Trinajstić information content (AvgIpc) is 2.30. The molecule has 1 aromatic heterocycles. The van der Waals surface area contributed by atoms with Gasteiger partial charge < -0.3 is 10.5 Å². The van der Waals surface area contributed by atoms with Gasteiger partial charge in [0.15, 0.2) is 0 Å². The Balaban J connectivity index is 3.06.